The lowest BCUT2D eigenvalue weighted by molar-refractivity contribution is -0.125. The molecule has 4 N–H and O–H groups in total. The third kappa shape index (κ3) is 4.18. The molecule has 1 heterocycles. The van der Waals surface area contributed by atoms with Crippen LogP contribution in [0.15, 0.2) is 36.4 Å². The lowest BCUT2D eigenvalue weighted by Crippen LogP contribution is -2.67. The number of rotatable bonds is 6. The van der Waals surface area contributed by atoms with Crippen LogP contribution in [0.5, 0.6) is 0 Å². The van der Waals surface area contributed by atoms with Gasteiger partial charge in [-0.25, -0.2) is 14.3 Å². The summed E-state index contributed by atoms with van der Waals surface area (Å²) in [5, 5.41) is 17.2. The standard InChI is InChI=1S/C21H24FN3O5S/c1-12(2)14-6-4-5-7-16(14)21(10-25(11-21)31(23,29)30)20(28)24-18-9-17(22)13(3)8-15(18)19(26)27/h4-9,12H,10-11H2,1-3H3,(H,24,28)(H,26,27)(H2,23,29,30). The van der Waals surface area contributed by atoms with Gasteiger partial charge in [-0.2, -0.15) is 12.7 Å². The van der Waals surface area contributed by atoms with Crippen LogP contribution in [-0.2, 0) is 20.4 Å². The third-order valence-corrected chi connectivity index (χ3v) is 6.54. The second kappa shape index (κ2) is 8.03. The second-order valence-electron chi connectivity index (χ2n) is 8.04. The van der Waals surface area contributed by atoms with E-state index in [2.05, 4.69) is 5.32 Å². The van der Waals surface area contributed by atoms with Gasteiger partial charge in [0.25, 0.3) is 10.2 Å². The number of nitrogens with zero attached hydrogens (tertiary/aromatic N) is 1. The number of carboxylic acid groups (broad SMARTS) is 1. The van der Waals surface area contributed by atoms with Crippen molar-refractivity contribution in [1.82, 2.24) is 4.31 Å². The monoisotopic (exact) mass is 449 g/mol. The molecule has 1 aliphatic rings. The molecule has 2 aromatic carbocycles. The highest BCUT2D eigenvalue weighted by molar-refractivity contribution is 7.86. The quantitative estimate of drug-likeness (QED) is 0.623. The molecular formula is C21H24FN3O5S. The highest BCUT2D eigenvalue weighted by atomic mass is 32.2. The van der Waals surface area contributed by atoms with Crippen LogP contribution in [0.25, 0.3) is 0 Å². The number of halogens is 1. The SMILES string of the molecule is Cc1cc(C(=O)O)c(NC(=O)C2(c3ccccc3C(C)C)CN(S(N)(=O)=O)C2)cc1F. The summed E-state index contributed by atoms with van der Waals surface area (Å²) in [6.45, 7) is 4.89. The Morgan fingerprint density at radius 1 is 1.23 bits per heavy atom. The van der Waals surface area contributed by atoms with Crippen molar-refractivity contribution in [3.63, 3.8) is 0 Å². The number of carbonyl (C=O) groups is 2. The number of aromatic carboxylic acids is 1. The number of hydrogen-bond acceptors (Lipinski definition) is 4. The van der Waals surface area contributed by atoms with E-state index in [9.17, 15) is 27.5 Å². The van der Waals surface area contributed by atoms with Crippen LogP contribution in [0.4, 0.5) is 10.1 Å². The van der Waals surface area contributed by atoms with Gasteiger partial charge in [0.15, 0.2) is 0 Å². The Morgan fingerprint density at radius 3 is 2.39 bits per heavy atom. The number of nitrogens with two attached hydrogens (primary N) is 1. The molecule has 0 spiro atoms. The molecule has 3 rings (SSSR count). The summed E-state index contributed by atoms with van der Waals surface area (Å²) < 4.78 is 38.7. The van der Waals surface area contributed by atoms with Gasteiger partial charge >= 0.3 is 5.97 Å². The third-order valence-electron chi connectivity index (χ3n) is 5.56. The Hall–Kier alpha value is -2.82. The maximum atomic E-state index is 14.1. The van der Waals surface area contributed by atoms with Gasteiger partial charge in [0.1, 0.15) is 11.2 Å². The summed E-state index contributed by atoms with van der Waals surface area (Å²) in [5.41, 5.74) is -0.172. The van der Waals surface area contributed by atoms with Crippen LogP contribution in [-0.4, -0.2) is 42.8 Å². The van der Waals surface area contributed by atoms with E-state index < -0.39 is 33.3 Å². The van der Waals surface area contributed by atoms with Crippen molar-refractivity contribution < 1.29 is 27.5 Å². The molecule has 0 aromatic heterocycles. The molecule has 1 amide bonds. The van der Waals surface area contributed by atoms with Crippen molar-refractivity contribution in [2.45, 2.75) is 32.1 Å². The Labute approximate surface area is 180 Å². The van der Waals surface area contributed by atoms with Gasteiger partial charge in [0.2, 0.25) is 5.91 Å². The molecular weight excluding hydrogens is 425 g/mol. The predicted molar refractivity (Wildman–Crippen MR) is 114 cm³/mol. The zero-order valence-electron chi connectivity index (χ0n) is 17.3. The first kappa shape index (κ1) is 22.9. The number of amides is 1. The number of aryl methyl sites for hydroxylation is 1. The van der Waals surface area contributed by atoms with E-state index >= 15 is 0 Å². The topological polar surface area (TPSA) is 130 Å². The molecule has 166 valence electrons. The molecule has 0 atom stereocenters. The fourth-order valence-corrected chi connectivity index (χ4v) is 4.61. The van der Waals surface area contributed by atoms with Crippen LogP contribution in [0.1, 0.15) is 46.8 Å². The molecule has 0 unspecified atom stereocenters. The van der Waals surface area contributed by atoms with Crippen molar-refractivity contribution in [2.75, 3.05) is 18.4 Å². The molecule has 2 aromatic rings. The van der Waals surface area contributed by atoms with Gasteiger partial charge in [0.05, 0.1) is 11.3 Å². The van der Waals surface area contributed by atoms with Gasteiger partial charge in [-0.15, -0.1) is 0 Å². The molecule has 0 saturated carbocycles. The summed E-state index contributed by atoms with van der Waals surface area (Å²) in [7, 11) is -4.02. The zero-order chi connectivity index (χ0) is 23.1. The molecule has 0 aliphatic carbocycles. The summed E-state index contributed by atoms with van der Waals surface area (Å²) in [6, 6.07) is 9.24. The fraction of sp³-hybridized carbons (Fsp3) is 0.333. The summed E-state index contributed by atoms with van der Waals surface area (Å²) in [4.78, 5) is 25.1. The molecule has 10 heteroatoms. The average Bonchev–Trinajstić information content (AvgIpc) is 2.62. The number of carboxylic acids is 1. The minimum absolute atomic E-state index is 0.0378. The molecule has 31 heavy (non-hydrogen) atoms. The number of nitrogens with one attached hydrogen (secondary N) is 1. The van der Waals surface area contributed by atoms with Crippen LogP contribution in [0.2, 0.25) is 0 Å². The maximum Gasteiger partial charge on any atom is 0.337 e. The van der Waals surface area contributed by atoms with Gasteiger partial charge in [-0.05, 0) is 41.7 Å². The number of benzene rings is 2. The minimum atomic E-state index is -4.02. The van der Waals surface area contributed by atoms with Crippen molar-refractivity contribution in [1.29, 1.82) is 0 Å². The summed E-state index contributed by atoms with van der Waals surface area (Å²) in [5.74, 6) is -2.59. The number of anilines is 1. The van der Waals surface area contributed by atoms with E-state index in [1.807, 2.05) is 26.0 Å². The van der Waals surface area contributed by atoms with E-state index in [0.29, 0.717) is 5.56 Å². The number of carbonyl (C=O) groups excluding carboxylic acids is 1. The van der Waals surface area contributed by atoms with Gasteiger partial charge in [-0.1, -0.05) is 38.1 Å². The lowest BCUT2D eigenvalue weighted by atomic mass is 9.71. The lowest BCUT2D eigenvalue weighted by Gasteiger charge is -2.48. The first-order chi connectivity index (χ1) is 14.4. The smallest absolute Gasteiger partial charge is 0.337 e. The van der Waals surface area contributed by atoms with Crippen molar-refractivity contribution in [3.05, 3.63) is 64.5 Å². The molecule has 0 radical (unpaired) electrons. The zero-order valence-corrected chi connectivity index (χ0v) is 18.2. The van der Waals surface area contributed by atoms with E-state index in [4.69, 9.17) is 5.14 Å². The summed E-state index contributed by atoms with van der Waals surface area (Å²) in [6.07, 6.45) is 0. The average molecular weight is 450 g/mol. The van der Waals surface area contributed by atoms with Crippen LogP contribution >= 0.6 is 0 Å². The van der Waals surface area contributed by atoms with Gasteiger partial charge in [-0.3, -0.25) is 4.79 Å². The second-order valence-corrected chi connectivity index (χ2v) is 9.59. The van der Waals surface area contributed by atoms with Gasteiger partial charge in [0, 0.05) is 13.1 Å². The van der Waals surface area contributed by atoms with E-state index in [-0.39, 0.29) is 35.8 Å². The number of hydrogen-bond donors (Lipinski definition) is 3. The van der Waals surface area contributed by atoms with Crippen LogP contribution in [0.3, 0.4) is 0 Å². The summed E-state index contributed by atoms with van der Waals surface area (Å²) >= 11 is 0. The largest absolute Gasteiger partial charge is 0.478 e. The fourth-order valence-electron chi connectivity index (χ4n) is 3.81. The first-order valence-electron chi connectivity index (χ1n) is 9.59. The highest BCUT2D eigenvalue weighted by Crippen LogP contribution is 2.41. The van der Waals surface area contributed by atoms with Crippen molar-refractivity contribution in [3.8, 4) is 0 Å². The van der Waals surface area contributed by atoms with E-state index in [0.717, 1.165) is 22.0 Å². The maximum absolute atomic E-state index is 14.1. The van der Waals surface area contributed by atoms with Crippen molar-refractivity contribution >= 4 is 27.8 Å². The van der Waals surface area contributed by atoms with E-state index in [1.165, 1.54) is 6.92 Å². The van der Waals surface area contributed by atoms with Crippen molar-refractivity contribution in [2.24, 2.45) is 5.14 Å². The molecule has 1 fully saturated rings. The highest BCUT2D eigenvalue weighted by Gasteiger charge is 2.55. The molecule has 8 nitrogen and oxygen atoms in total. The molecule has 1 saturated heterocycles. The molecule has 1 aliphatic heterocycles. The normalized spacial score (nSPS) is 16.1. The Morgan fingerprint density at radius 2 is 1.84 bits per heavy atom. The van der Waals surface area contributed by atoms with E-state index in [1.54, 1.807) is 12.1 Å². The minimum Gasteiger partial charge on any atom is -0.478 e. The predicted octanol–water partition coefficient (Wildman–Crippen LogP) is 2.35. The molecule has 0 bridgehead atoms. The van der Waals surface area contributed by atoms with Gasteiger partial charge < -0.3 is 10.4 Å². The van der Waals surface area contributed by atoms with Crippen LogP contribution in [0, 0.1) is 12.7 Å². The van der Waals surface area contributed by atoms with Crippen LogP contribution < -0.4 is 10.5 Å². The Balaban J connectivity index is 2.08. The Kier molecular flexibility index (Phi) is 5.92. The Bertz CT molecular complexity index is 1160. The first-order valence-corrected chi connectivity index (χ1v) is 11.1.